The number of sulfonamides is 1. The van der Waals surface area contributed by atoms with Gasteiger partial charge in [-0.3, -0.25) is 4.84 Å². The lowest BCUT2D eigenvalue weighted by atomic mass is 10.3. The number of hydrogen-bond acceptors (Lipinski definition) is 5. The zero-order valence-corrected chi connectivity index (χ0v) is 10.4. The summed E-state index contributed by atoms with van der Waals surface area (Å²) < 4.78 is 35.3. The van der Waals surface area contributed by atoms with E-state index in [1.54, 1.807) is 6.07 Å². The van der Waals surface area contributed by atoms with Gasteiger partial charge in [-0.05, 0) is 12.1 Å². The Morgan fingerprint density at radius 2 is 1.88 bits per heavy atom. The molecule has 0 bridgehead atoms. The van der Waals surface area contributed by atoms with Crippen LogP contribution < -0.4 is 9.47 Å². The topological polar surface area (TPSA) is 65.1 Å². The van der Waals surface area contributed by atoms with Crippen LogP contribution in [0.4, 0.5) is 0 Å². The molecular formula is C10H13NO5S. The number of fused-ring (bicyclic) bond motifs is 1. The van der Waals surface area contributed by atoms with E-state index in [4.69, 9.17) is 9.47 Å². The smallest absolute Gasteiger partial charge is 0.264 e. The third-order valence-corrected chi connectivity index (χ3v) is 4.08. The number of hydrogen-bond donors (Lipinski definition) is 0. The van der Waals surface area contributed by atoms with Gasteiger partial charge in [0.15, 0.2) is 11.5 Å². The van der Waals surface area contributed by atoms with E-state index in [1.165, 1.54) is 26.3 Å². The first-order chi connectivity index (χ1) is 8.05. The van der Waals surface area contributed by atoms with Crippen molar-refractivity contribution in [3.63, 3.8) is 0 Å². The molecule has 2 rings (SSSR count). The van der Waals surface area contributed by atoms with Crippen molar-refractivity contribution >= 4 is 10.0 Å². The lowest BCUT2D eigenvalue weighted by molar-refractivity contribution is -0.0258. The molecule has 0 spiro atoms. The Hall–Kier alpha value is -1.31. The minimum Gasteiger partial charge on any atom is -0.486 e. The summed E-state index contributed by atoms with van der Waals surface area (Å²) in [5.41, 5.74) is 0. The fourth-order valence-corrected chi connectivity index (χ4v) is 2.42. The van der Waals surface area contributed by atoms with Crippen LogP contribution in [0, 0.1) is 0 Å². The Morgan fingerprint density at radius 1 is 1.24 bits per heavy atom. The molecule has 0 atom stereocenters. The van der Waals surface area contributed by atoms with Crippen molar-refractivity contribution < 1.29 is 22.7 Å². The summed E-state index contributed by atoms with van der Waals surface area (Å²) in [6.45, 7) is 0.883. The van der Waals surface area contributed by atoms with Crippen molar-refractivity contribution in [1.29, 1.82) is 0 Å². The maximum Gasteiger partial charge on any atom is 0.264 e. The largest absolute Gasteiger partial charge is 0.486 e. The quantitative estimate of drug-likeness (QED) is 0.745. The normalized spacial score (nSPS) is 15.0. The van der Waals surface area contributed by atoms with Crippen LogP contribution in [0.15, 0.2) is 23.1 Å². The van der Waals surface area contributed by atoms with Gasteiger partial charge in [0, 0.05) is 13.1 Å². The van der Waals surface area contributed by atoms with Crippen molar-refractivity contribution in [3.05, 3.63) is 18.2 Å². The van der Waals surface area contributed by atoms with Gasteiger partial charge in [0.05, 0.1) is 12.0 Å². The summed E-state index contributed by atoms with van der Waals surface area (Å²) in [7, 11) is -1.03. The van der Waals surface area contributed by atoms with E-state index in [1.807, 2.05) is 0 Å². The average Bonchev–Trinajstić information content (AvgIpc) is 2.37. The number of nitrogens with zero attached hydrogens (tertiary/aromatic N) is 1. The summed E-state index contributed by atoms with van der Waals surface area (Å²) in [4.78, 5) is 4.79. The van der Waals surface area contributed by atoms with Crippen molar-refractivity contribution in [2.45, 2.75) is 4.90 Å². The van der Waals surface area contributed by atoms with Crippen LogP contribution in [0.3, 0.4) is 0 Å². The van der Waals surface area contributed by atoms with E-state index in [0.29, 0.717) is 24.7 Å². The van der Waals surface area contributed by atoms with E-state index >= 15 is 0 Å². The molecule has 1 heterocycles. The lowest BCUT2D eigenvalue weighted by Crippen LogP contribution is -2.26. The van der Waals surface area contributed by atoms with Gasteiger partial charge >= 0.3 is 0 Å². The molecule has 94 valence electrons. The van der Waals surface area contributed by atoms with Crippen molar-refractivity contribution in [3.8, 4) is 11.5 Å². The van der Waals surface area contributed by atoms with Crippen LogP contribution in [-0.2, 0) is 14.9 Å². The molecule has 7 heteroatoms. The number of hydroxylamine groups is 1. The van der Waals surface area contributed by atoms with Gasteiger partial charge in [0.2, 0.25) is 0 Å². The second kappa shape index (κ2) is 4.52. The number of rotatable bonds is 3. The minimum absolute atomic E-state index is 0.103. The van der Waals surface area contributed by atoms with Gasteiger partial charge in [-0.2, -0.15) is 0 Å². The zero-order chi connectivity index (χ0) is 12.5. The Kier molecular flexibility index (Phi) is 3.23. The standard InChI is InChI=1S/C10H13NO5S/c1-11(14-2)17(12,13)8-3-4-9-10(7-8)16-6-5-15-9/h3-4,7H,5-6H2,1-2H3. The summed E-state index contributed by atoms with van der Waals surface area (Å²) in [6, 6.07) is 4.46. The molecule has 6 nitrogen and oxygen atoms in total. The van der Waals surface area contributed by atoms with Gasteiger partial charge in [-0.25, -0.2) is 8.42 Å². The van der Waals surface area contributed by atoms with E-state index in [0.717, 1.165) is 4.47 Å². The number of ether oxygens (including phenoxy) is 2. The number of benzene rings is 1. The van der Waals surface area contributed by atoms with Gasteiger partial charge < -0.3 is 9.47 Å². The monoisotopic (exact) mass is 259 g/mol. The summed E-state index contributed by atoms with van der Waals surface area (Å²) in [6.07, 6.45) is 0. The van der Waals surface area contributed by atoms with Crippen LogP contribution in [0.5, 0.6) is 11.5 Å². The highest BCUT2D eigenvalue weighted by molar-refractivity contribution is 7.89. The molecule has 1 aromatic rings. The molecule has 0 fully saturated rings. The van der Waals surface area contributed by atoms with Gasteiger partial charge in [-0.15, -0.1) is 0 Å². The molecule has 1 aromatic carbocycles. The molecule has 0 aliphatic carbocycles. The second-order valence-electron chi connectivity index (χ2n) is 3.40. The molecule has 0 saturated carbocycles. The van der Waals surface area contributed by atoms with Crippen LogP contribution in [0.25, 0.3) is 0 Å². The molecule has 17 heavy (non-hydrogen) atoms. The van der Waals surface area contributed by atoms with Gasteiger partial charge in [-0.1, -0.05) is 4.47 Å². The fraction of sp³-hybridized carbons (Fsp3) is 0.400. The molecule has 0 amide bonds. The molecule has 0 N–H and O–H groups in total. The molecule has 0 saturated heterocycles. The maximum atomic E-state index is 12.0. The van der Waals surface area contributed by atoms with Crippen LogP contribution >= 0.6 is 0 Å². The Balaban J connectivity index is 2.41. The Bertz CT molecular complexity index is 513. The predicted molar refractivity (Wildman–Crippen MR) is 59.4 cm³/mol. The molecule has 1 aliphatic rings. The minimum atomic E-state index is -3.65. The van der Waals surface area contributed by atoms with Crippen LogP contribution in [-0.4, -0.2) is 40.3 Å². The van der Waals surface area contributed by atoms with Crippen molar-refractivity contribution in [2.75, 3.05) is 27.4 Å². The Morgan fingerprint density at radius 3 is 2.53 bits per heavy atom. The SMILES string of the molecule is CON(C)S(=O)(=O)c1ccc2c(c1)OCCO2. The summed E-state index contributed by atoms with van der Waals surface area (Å²) in [5, 5.41) is 0. The molecule has 0 unspecified atom stereocenters. The third kappa shape index (κ3) is 2.21. The van der Waals surface area contributed by atoms with Gasteiger partial charge in [0.25, 0.3) is 10.0 Å². The predicted octanol–water partition coefficient (Wildman–Crippen LogP) is 0.640. The first-order valence-corrected chi connectivity index (χ1v) is 6.42. The molecule has 0 radical (unpaired) electrons. The summed E-state index contributed by atoms with van der Waals surface area (Å²) in [5.74, 6) is 0.983. The highest BCUT2D eigenvalue weighted by atomic mass is 32.2. The second-order valence-corrected chi connectivity index (χ2v) is 5.34. The first kappa shape index (κ1) is 12.2. The highest BCUT2D eigenvalue weighted by Gasteiger charge is 2.23. The third-order valence-electron chi connectivity index (χ3n) is 2.41. The zero-order valence-electron chi connectivity index (χ0n) is 9.54. The van der Waals surface area contributed by atoms with E-state index in [-0.39, 0.29) is 4.90 Å². The summed E-state index contributed by atoms with van der Waals surface area (Å²) >= 11 is 0. The molecule has 0 aromatic heterocycles. The Labute approximate surface area is 99.7 Å². The molecular weight excluding hydrogens is 246 g/mol. The van der Waals surface area contributed by atoms with E-state index < -0.39 is 10.0 Å². The van der Waals surface area contributed by atoms with E-state index in [9.17, 15) is 8.42 Å². The molecule has 1 aliphatic heterocycles. The van der Waals surface area contributed by atoms with Gasteiger partial charge in [0.1, 0.15) is 13.2 Å². The fourth-order valence-electron chi connectivity index (χ4n) is 1.43. The first-order valence-electron chi connectivity index (χ1n) is 4.98. The van der Waals surface area contributed by atoms with E-state index in [2.05, 4.69) is 4.84 Å². The van der Waals surface area contributed by atoms with Crippen LogP contribution in [0.2, 0.25) is 0 Å². The maximum absolute atomic E-state index is 12.0. The van der Waals surface area contributed by atoms with Crippen molar-refractivity contribution in [1.82, 2.24) is 4.47 Å². The average molecular weight is 259 g/mol. The van der Waals surface area contributed by atoms with Crippen molar-refractivity contribution in [2.24, 2.45) is 0 Å². The van der Waals surface area contributed by atoms with Crippen LogP contribution in [0.1, 0.15) is 0 Å². The highest BCUT2D eigenvalue weighted by Crippen LogP contribution is 2.32. The lowest BCUT2D eigenvalue weighted by Gasteiger charge is -2.20.